The molecule has 0 bridgehead atoms. The quantitative estimate of drug-likeness (QED) is 0.636. The van der Waals surface area contributed by atoms with E-state index in [9.17, 15) is 26.5 Å². The third-order valence-electron chi connectivity index (χ3n) is 1.61. The highest BCUT2D eigenvalue weighted by Gasteiger charge is 2.48. The molecule has 1 amide bonds. The summed E-state index contributed by atoms with van der Waals surface area (Å²) < 4.78 is 55.5. The number of carbonyl (C=O) groups excluding carboxylic acids is 1. The summed E-state index contributed by atoms with van der Waals surface area (Å²) in [4.78, 5) is 11.4. The summed E-state index contributed by atoms with van der Waals surface area (Å²) >= 11 is 0. The summed E-state index contributed by atoms with van der Waals surface area (Å²) in [6.07, 6.45) is 0. The molecular weight excluding hydrogens is 220 g/mol. The molecule has 0 aromatic heterocycles. The van der Waals surface area contributed by atoms with Crippen LogP contribution < -0.4 is 0 Å². The Morgan fingerprint density at radius 3 is 1.93 bits per heavy atom. The first-order chi connectivity index (χ1) is 6.18. The van der Waals surface area contributed by atoms with E-state index in [-0.39, 0.29) is 13.1 Å². The highest BCUT2D eigenvalue weighted by molar-refractivity contribution is 7.87. The topological polar surface area (TPSA) is 77.5 Å². The molecule has 0 atom stereocenters. The molecule has 0 aromatic carbocycles. The number of nitrogens with zero attached hydrogens (tertiary/aromatic N) is 1. The molecule has 84 valence electrons. The molecule has 0 fully saturated rings. The minimum Gasteiger partial charge on any atom is -0.743 e. The third-order valence-corrected chi connectivity index (χ3v) is 2.42. The van der Waals surface area contributed by atoms with Gasteiger partial charge in [0.25, 0.3) is 0 Å². The summed E-state index contributed by atoms with van der Waals surface area (Å²) in [6, 6.07) is 0. The Morgan fingerprint density at radius 1 is 1.36 bits per heavy atom. The molecule has 0 saturated carbocycles. The van der Waals surface area contributed by atoms with Gasteiger partial charge in [-0.25, -0.2) is 8.42 Å². The van der Waals surface area contributed by atoms with Crippen LogP contribution in [0, 0.1) is 0 Å². The number of hydrogen-bond acceptors (Lipinski definition) is 4. The molecular formula is C6H10F2NO4S-. The van der Waals surface area contributed by atoms with E-state index < -0.39 is 21.3 Å². The van der Waals surface area contributed by atoms with Gasteiger partial charge in [0.2, 0.25) is 0 Å². The van der Waals surface area contributed by atoms with E-state index in [0.717, 1.165) is 0 Å². The Kier molecular flexibility index (Phi) is 3.95. The fourth-order valence-electron chi connectivity index (χ4n) is 0.802. The van der Waals surface area contributed by atoms with E-state index in [1.165, 1.54) is 13.8 Å². The maximum absolute atomic E-state index is 12.7. The average Bonchev–Trinajstić information content (AvgIpc) is 2.04. The molecule has 0 aliphatic heterocycles. The summed E-state index contributed by atoms with van der Waals surface area (Å²) in [5.74, 6) is -1.97. The fraction of sp³-hybridized carbons (Fsp3) is 0.833. The minimum absolute atomic E-state index is 0.0829. The van der Waals surface area contributed by atoms with Crippen molar-refractivity contribution in [2.24, 2.45) is 0 Å². The fourth-order valence-corrected chi connectivity index (χ4v) is 1.14. The van der Waals surface area contributed by atoms with Crippen LogP contribution in [-0.4, -0.2) is 42.1 Å². The van der Waals surface area contributed by atoms with Crippen molar-refractivity contribution in [2.75, 3.05) is 13.1 Å². The highest BCUT2D eigenvalue weighted by Crippen LogP contribution is 2.23. The van der Waals surface area contributed by atoms with Crippen LogP contribution in [0.3, 0.4) is 0 Å². The van der Waals surface area contributed by atoms with Gasteiger partial charge in [0.05, 0.1) is 0 Å². The molecule has 14 heavy (non-hydrogen) atoms. The number of rotatable bonds is 4. The molecule has 0 aliphatic rings. The zero-order chi connectivity index (χ0) is 11.6. The van der Waals surface area contributed by atoms with Crippen molar-refractivity contribution >= 4 is 16.0 Å². The van der Waals surface area contributed by atoms with Gasteiger partial charge in [0.15, 0.2) is 10.1 Å². The number of amides is 1. The van der Waals surface area contributed by atoms with Crippen molar-refractivity contribution in [3.8, 4) is 0 Å². The van der Waals surface area contributed by atoms with E-state index in [1.807, 2.05) is 0 Å². The van der Waals surface area contributed by atoms with Crippen LogP contribution >= 0.6 is 0 Å². The molecule has 0 unspecified atom stereocenters. The van der Waals surface area contributed by atoms with Crippen molar-refractivity contribution in [1.82, 2.24) is 4.90 Å². The van der Waals surface area contributed by atoms with Crippen molar-refractivity contribution in [2.45, 2.75) is 19.1 Å². The molecule has 0 rings (SSSR count). The Bertz CT molecular complexity index is 310. The predicted molar refractivity (Wildman–Crippen MR) is 42.6 cm³/mol. The van der Waals surface area contributed by atoms with Crippen LogP contribution in [0.1, 0.15) is 13.8 Å². The number of halogens is 2. The third kappa shape index (κ3) is 2.38. The standard InChI is InChI=1S/C6H11F2NO4S/c1-3-9(4-2)5(10)6(7,8)14(11,12)13/h3-4H2,1-2H3,(H,11,12,13)/p-1. The van der Waals surface area contributed by atoms with Gasteiger partial charge in [-0.05, 0) is 13.8 Å². The number of hydrogen-bond donors (Lipinski definition) is 0. The van der Waals surface area contributed by atoms with Gasteiger partial charge in [-0.2, -0.15) is 8.78 Å². The molecule has 0 N–H and O–H groups in total. The minimum atomic E-state index is -5.94. The first kappa shape index (κ1) is 13.2. The van der Waals surface area contributed by atoms with Crippen molar-refractivity contribution in [1.29, 1.82) is 0 Å². The first-order valence-corrected chi connectivity index (χ1v) is 5.21. The van der Waals surface area contributed by atoms with E-state index in [1.54, 1.807) is 0 Å². The van der Waals surface area contributed by atoms with Gasteiger partial charge in [0.1, 0.15) is 0 Å². The Balaban J connectivity index is 5.03. The van der Waals surface area contributed by atoms with Gasteiger partial charge >= 0.3 is 11.2 Å². The molecule has 0 aromatic rings. The maximum atomic E-state index is 12.7. The van der Waals surface area contributed by atoms with Crippen LogP contribution in [0.4, 0.5) is 8.78 Å². The van der Waals surface area contributed by atoms with Crippen LogP contribution in [-0.2, 0) is 14.9 Å². The van der Waals surface area contributed by atoms with Gasteiger partial charge < -0.3 is 9.45 Å². The summed E-state index contributed by atoms with van der Waals surface area (Å²) in [6.45, 7) is 2.63. The molecule has 0 aliphatic carbocycles. The second-order valence-electron chi connectivity index (χ2n) is 2.45. The summed E-state index contributed by atoms with van der Waals surface area (Å²) in [5.41, 5.74) is 0. The van der Waals surface area contributed by atoms with Gasteiger partial charge in [0, 0.05) is 13.1 Å². The van der Waals surface area contributed by atoms with Crippen molar-refractivity contribution < 1.29 is 26.5 Å². The molecule has 0 saturated heterocycles. The lowest BCUT2D eigenvalue weighted by Gasteiger charge is -2.25. The van der Waals surface area contributed by atoms with E-state index in [2.05, 4.69) is 0 Å². The van der Waals surface area contributed by atoms with E-state index in [4.69, 9.17) is 0 Å². The lowest BCUT2D eigenvalue weighted by Crippen LogP contribution is -2.47. The van der Waals surface area contributed by atoms with E-state index >= 15 is 0 Å². The highest BCUT2D eigenvalue weighted by atomic mass is 32.2. The predicted octanol–water partition coefficient (Wildman–Crippen LogP) is -0.00720. The molecule has 8 heteroatoms. The zero-order valence-electron chi connectivity index (χ0n) is 7.66. The molecule has 0 heterocycles. The average molecular weight is 230 g/mol. The molecule has 0 spiro atoms. The first-order valence-electron chi connectivity index (χ1n) is 3.81. The largest absolute Gasteiger partial charge is 0.743 e. The van der Waals surface area contributed by atoms with Crippen molar-refractivity contribution in [3.63, 3.8) is 0 Å². The van der Waals surface area contributed by atoms with Gasteiger partial charge in [-0.1, -0.05) is 0 Å². The molecule has 0 radical (unpaired) electrons. The Hall–Kier alpha value is -0.760. The monoisotopic (exact) mass is 230 g/mol. The Labute approximate surface area is 80.4 Å². The summed E-state index contributed by atoms with van der Waals surface area (Å²) in [7, 11) is -5.94. The van der Waals surface area contributed by atoms with Crippen LogP contribution in [0.2, 0.25) is 0 Å². The maximum Gasteiger partial charge on any atom is 0.410 e. The number of carbonyl (C=O) groups is 1. The SMILES string of the molecule is CCN(CC)C(=O)C(F)(F)S(=O)(=O)[O-]. The lowest BCUT2D eigenvalue weighted by atomic mass is 10.4. The van der Waals surface area contributed by atoms with E-state index in [0.29, 0.717) is 4.90 Å². The van der Waals surface area contributed by atoms with Gasteiger partial charge in [-0.15, -0.1) is 0 Å². The second-order valence-corrected chi connectivity index (χ2v) is 3.87. The summed E-state index contributed by atoms with van der Waals surface area (Å²) in [5, 5.41) is -4.88. The zero-order valence-corrected chi connectivity index (χ0v) is 8.48. The molecule has 5 nitrogen and oxygen atoms in total. The van der Waals surface area contributed by atoms with Crippen LogP contribution in [0.15, 0.2) is 0 Å². The Morgan fingerprint density at radius 2 is 1.71 bits per heavy atom. The normalized spacial score (nSPS) is 12.6. The second kappa shape index (κ2) is 4.18. The van der Waals surface area contributed by atoms with Gasteiger partial charge in [-0.3, -0.25) is 4.79 Å². The van der Waals surface area contributed by atoms with Crippen LogP contribution in [0.25, 0.3) is 0 Å². The smallest absolute Gasteiger partial charge is 0.410 e. The lowest BCUT2D eigenvalue weighted by molar-refractivity contribution is -0.147. The van der Waals surface area contributed by atoms with Crippen LogP contribution in [0.5, 0.6) is 0 Å². The number of alkyl halides is 2. The van der Waals surface area contributed by atoms with Crippen molar-refractivity contribution in [3.05, 3.63) is 0 Å².